The first-order valence-corrected chi connectivity index (χ1v) is 15.7. The highest BCUT2D eigenvalue weighted by Gasteiger charge is 2.31. The number of hydrogen-bond acceptors (Lipinski definition) is 7. The van der Waals surface area contributed by atoms with Crippen molar-refractivity contribution >= 4 is 27.1 Å². The lowest BCUT2D eigenvalue weighted by molar-refractivity contribution is -0.137. The van der Waals surface area contributed by atoms with E-state index in [0.717, 1.165) is 20.7 Å². The predicted octanol–water partition coefficient (Wildman–Crippen LogP) is 3.16. The highest BCUT2D eigenvalue weighted by atomic mass is 32.2. The Morgan fingerprint density at radius 1 is 1.07 bits per heavy atom. The first-order chi connectivity index (χ1) is 20.7. The van der Waals surface area contributed by atoms with E-state index < -0.39 is 38.8 Å². The quantitative estimate of drug-likeness (QED) is 0.218. The minimum Gasteiger partial charge on any atom is -0.349 e. The molecule has 3 heterocycles. The SMILES string of the molecule is CCCn1c(=O)c2c(nc(-c3cnn(Cc4cccc(C(F)(F)F)c4)c3)n2S(=O)(=O)CCCCC(=O)N(C)C)n(CC)c1=O. The number of aryl methyl sites for hydroxylation is 1. The van der Waals surface area contributed by atoms with E-state index in [9.17, 15) is 36.0 Å². The van der Waals surface area contributed by atoms with Gasteiger partial charge in [-0.2, -0.15) is 18.3 Å². The number of benzene rings is 1. The Morgan fingerprint density at radius 3 is 2.43 bits per heavy atom. The molecule has 0 aliphatic rings. The van der Waals surface area contributed by atoms with Gasteiger partial charge in [0.05, 0.1) is 29.6 Å². The standard InChI is InChI=1S/C28H34F3N7O5S/c1-5-13-37-26(40)23-25(36(6-2)27(37)41)33-24(38(23)44(42,43)14-8-7-12-22(39)34(3)4)20-16-32-35(18-20)17-19-10-9-11-21(15-19)28(29,30)31/h9-11,15-16,18H,5-8,12-14,17H2,1-4H3. The van der Waals surface area contributed by atoms with Crippen LogP contribution in [0.25, 0.3) is 22.6 Å². The van der Waals surface area contributed by atoms with Crippen LogP contribution in [0.3, 0.4) is 0 Å². The molecule has 238 valence electrons. The second kappa shape index (κ2) is 12.8. The van der Waals surface area contributed by atoms with Gasteiger partial charge in [0.1, 0.15) is 0 Å². The van der Waals surface area contributed by atoms with Gasteiger partial charge in [0.25, 0.3) is 5.56 Å². The number of alkyl halides is 3. The topological polar surface area (TPSA) is 134 Å². The fraction of sp³-hybridized carbons (Fsp3) is 0.464. The van der Waals surface area contributed by atoms with Crippen molar-refractivity contribution in [3.8, 4) is 11.4 Å². The Balaban J connectivity index is 1.83. The maximum Gasteiger partial charge on any atom is 0.416 e. The van der Waals surface area contributed by atoms with Crippen LogP contribution in [0.15, 0.2) is 46.2 Å². The third kappa shape index (κ3) is 6.64. The monoisotopic (exact) mass is 637 g/mol. The summed E-state index contributed by atoms with van der Waals surface area (Å²) in [6, 6.07) is 4.75. The number of unbranched alkanes of at least 4 members (excludes halogenated alkanes) is 1. The lowest BCUT2D eigenvalue weighted by Gasteiger charge is -2.12. The molecular formula is C28H34F3N7O5S. The fourth-order valence-corrected chi connectivity index (χ4v) is 6.45. The second-order valence-corrected chi connectivity index (χ2v) is 12.5. The summed E-state index contributed by atoms with van der Waals surface area (Å²) in [5.74, 6) is -0.727. The summed E-state index contributed by atoms with van der Waals surface area (Å²) in [6.07, 6.45) is -0.817. The largest absolute Gasteiger partial charge is 0.416 e. The number of aromatic nitrogens is 6. The second-order valence-electron chi connectivity index (χ2n) is 10.5. The van der Waals surface area contributed by atoms with Crippen LogP contribution >= 0.6 is 0 Å². The van der Waals surface area contributed by atoms with Crippen LogP contribution in [-0.4, -0.2) is 66.9 Å². The van der Waals surface area contributed by atoms with E-state index in [0.29, 0.717) is 12.0 Å². The highest BCUT2D eigenvalue weighted by molar-refractivity contribution is 7.90. The average Bonchev–Trinajstić information content (AvgIpc) is 3.59. The van der Waals surface area contributed by atoms with Crippen molar-refractivity contribution in [1.29, 1.82) is 0 Å². The van der Waals surface area contributed by atoms with Crippen molar-refractivity contribution in [2.24, 2.45) is 0 Å². The molecule has 16 heteroatoms. The average molecular weight is 638 g/mol. The number of carbonyl (C=O) groups is 1. The molecule has 0 atom stereocenters. The molecular weight excluding hydrogens is 603 g/mol. The van der Waals surface area contributed by atoms with Gasteiger partial charge in [-0.3, -0.25) is 23.4 Å². The van der Waals surface area contributed by atoms with Gasteiger partial charge in [-0.1, -0.05) is 19.1 Å². The van der Waals surface area contributed by atoms with E-state index in [1.165, 1.54) is 38.7 Å². The van der Waals surface area contributed by atoms with Gasteiger partial charge in [0.15, 0.2) is 17.0 Å². The molecule has 4 rings (SSSR count). The molecule has 0 unspecified atom stereocenters. The van der Waals surface area contributed by atoms with Crippen LogP contribution in [0.4, 0.5) is 13.2 Å². The molecule has 0 radical (unpaired) electrons. The van der Waals surface area contributed by atoms with Gasteiger partial charge in [-0.25, -0.2) is 22.2 Å². The number of rotatable bonds is 12. The molecule has 0 fully saturated rings. The Bertz CT molecular complexity index is 1900. The minimum absolute atomic E-state index is 0.0558. The molecule has 12 nitrogen and oxygen atoms in total. The summed E-state index contributed by atoms with van der Waals surface area (Å²) < 4.78 is 71.8. The van der Waals surface area contributed by atoms with E-state index in [-0.39, 0.29) is 67.4 Å². The van der Waals surface area contributed by atoms with Crippen molar-refractivity contribution in [2.75, 3.05) is 19.8 Å². The molecule has 0 saturated heterocycles. The highest BCUT2D eigenvalue weighted by Crippen LogP contribution is 2.30. The summed E-state index contributed by atoms with van der Waals surface area (Å²) in [7, 11) is -1.06. The number of carbonyl (C=O) groups excluding carboxylic acids is 1. The Labute approximate surface area is 251 Å². The van der Waals surface area contributed by atoms with Crippen molar-refractivity contribution in [2.45, 2.75) is 65.3 Å². The maximum absolute atomic E-state index is 13.9. The van der Waals surface area contributed by atoms with E-state index >= 15 is 0 Å². The van der Waals surface area contributed by atoms with Crippen LogP contribution in [0.5, 0.6) is 0 Å². The molecule has 0 aliphatic heterocycles. The van der Waals surface area contributed by atoms with E-state index in [4.69, 9.17) is 0 Å². The fourth-order valence-electron chi connectivity index (χ4n) is 4.85. The number of amides is 1. The Morgan fingerprint density at radius 2 is 1.80 bits per heavy atom. The Hall–Kier alpha value is -4.21. The first-order valence-electron chi connectivity index (χ1n) is 14.1. The van der Waals surface area contributed by atoms with E-state index in [1.807, 2.05) is 0 Å². The van der Waals surface area contributed by atoms with E-state index in [1.54, 1.807) is 27.9 Å². The van der Waals surface area contributed by atoms with Crippen LogP contribution in [0, 0.1) is 0 Å². The summed E-state index contributed by atoms with van der Waals surface area (Å²) in [5.41, 5.74) is -2.16. The van der Waals surface area contributed by atoms with Gasteiger partial charge in [-0.05, 0) is 43.9 Å². The smallest absolute Gasteiger partial charge is 0.349 e. The molecule has 0 aliphatic carbocycles. The number of halogens is 3. The maximum atomic E-state index is 13.9. The van der Waals surface area contributed by atoms with Gasteiger partial charge < -0.3 is 4.90 Å². The number of nitrogens with zero attached hydrogens (tertiary/aromatic N) is 7. The summed E-state index contributed by atoms with van der Waals surface area (Å²) >= 11 is 0. The lowest BCUT2D eigenvalue weighted by Crippen LogP contribution is -2.40. The Kier molecular flexibility index (Phi) is 9.51. The normalized spacial score (nSPS) is 12.2. The summed E-state index contributed by atoms with van der Waals surface area (Å²) in [4.78, 5) is 44.6. The van der Waals surface area contributed by atoms with E-state index in [2.05, 4.69) is 10.1 Å². The third-order valence-corrected chi connectivity index (χ3v) is 8.77. The number of hydrogen-bond donors (Lipinski definition) is 0. The first kappa shape index (κ1) is 32.7. The zero-order chi connectivity index (χ0) is 32.4. The zero-order valence-electron chi connectivity index (χ0n) is 24.8. The van der Waals surface area contributed by atoms with Gasteiger partial charge >= 0.3 is 11.9 Å². The lowest BCUT2D eigenvalue weighted by atomic mass is 10.1. The molecule has 44 heavy (non-hydrogen) atoms. The van der Waals surface area contributed by atoms with Crippen LogP contribution in [0.1, 0.15) is 50.7 Å². The number of imidazole rings is 1. The van der Waals surface area contributed by atoms with Crippen molar-refractivity contribution < 1.29 is 26.4 Å². The molecule has 1 aromatic carbocycles. The van der Waals surface area contributed by atoms with Gasteiger partial charge in [0.2, 0.25) is 15.9 Å². The summed E-state index contributed by atoms with van der Waals surface area (Å²) in [5, 5.41) is 4.21. The van der Waals surface area contributed by atoms with Crippen LogP contribution < -0.4 is 11.2 Å². The minimum atomic E-state index is -4.52. The molecule has 0 spiro atoms. The molecule has 0 saturated carbocycles. The molecule has 1 amide bonds. The van der Waals surface area contributed by atoms with Crippen LogP contribution in [-0.2, 0) is 40.6 Å². The molecule has 0 bridgehead atoms. The summed E-state index contributed by atoms with van der Waals surface area (Å²) in [6.45, 7) is 3.57. The zero-order valence-corrected chi connectivity index (χ0v) is 25.7. The third-order valence-electron chi connectivity index (χ3n) is 7.06. The molecule has 0 N–H and O–H groups in total. The van der Waals surface area contributed by atoms with Crippen molar-refractivity contribution in [1.82, 2.24) is 32.8 Å². The van der Waals surface area contributed by atoms with Gasteiger partial charge in [-0.15, -0.1) is 0 Å². The predicted molar refractivity (Wildman–Crippen MR) is 158 cm³/mol. The van der Waals surface area contributed by atoms with Crippen molar-refractivity contribution in [3.05, 3.63) is 68.6 Å². The molecule has 3 aromatic heterocycles. The molecule has 4 aromatic rings. The van der Waals surface area contributed by atoms with Gasteiger partial charge in [0, 0.05) is 39.8 Å². The van der Waals surface area contributed by atoms with Crippen molar-refractivity contribution in [3.63, 3.8) is 0 Å². The van der Waals surface area contributed by atoms with Crippen LogP contribution in [0.2, 0.25) is 0 Å². The number of fused-ring (bicyclic) bond motifs is 1.